The molecule has 74 heavy (non-hydrogen) atoms. The quantitative estimate of drug-likeness (QED) is 0.0427. The van der Waals surface area contributed by atoms with E-state index >= 15 is 0 Å². The smallest absolute Gasteiger partial charge is 0.326 e. The third kappa shape index (κ3) is 17.0. The molecule has 29 nitrogen and oxygen atoms in total. The molecule has 3 fully saturated rings. The number of carboxylic acid groups (broad SMARTS) is 1. The van der Waals surface area contributed by atoms with Gasteiger partial charge in [0.2, 0.25) is 76.8 Å². The number of primary amides is 1. The van der Waals surface area contributed by atoms with Crippen molar-refractivity contribution in [3.8, 4) is 0 Å². The number of amides is 13. The Kier molecular flexibility index (Phi) is 22.5. The van der Waals surface area contributed by atoms with Crippen molar-refractivity contribution in [1.82, 2.24) is 63.0 Å². The van der Waals surface area contributed by atoms with Gasteiger partial charge in [-0.15, -0.1) is 0 Å². The Morgan fingerprint density at radius 2 is 0.973 bits per heavy atom. The summed E-state index contributed by atoms with van der Waals surface area (Å²) in [6.07, 6.45) is 0.437. The molecule has 14 atom stereocenters. The number of quaternary nitrogens is 1. The number of hydrogen-bond donors (Lipinski definition) is 13. The van der Waals surface area contributed by atoms with E-state index in [2.05, 4.69) is 58.9 Å². The van der Waals surface area contributed by atoms with E-state index < -0.39 is 162 Å². The predicted octanol–water partition coefficient (Wildman–Crippen LogP) is -7.71. The minimum atomic E-state index is -1.50. The number of nitrogens with two attached hydrogens (primary N) is 1. The maximum absolute atomic E-state index is 14.1. The molecule has 0 aromatic carbocycles. The number of thioether (sulfide) groups is 1. The lowest BCUT2D eigenvalue weighted by molar-refractivity contribution is -0.370. The molecule has 3 aliphatic heterocycles. The highest BCUT2D eigenvalue weighted by atomic mass is 32.2. The fourth-order valence-corrected chi connectivity index (χ4v) is 9.41. The largest absolute Gasteiger partial charge is 0.480 e. The second-order valence-corrected chi connectivity index (χ2v) is 20.0. The number of likely N-dealkylation sites (tertiary alicyclic amines) is 1. The van der Waals surface area contributed by atoms with Crippen molar-refractivity contribution in [2.75, 3.05) is 18.8 Å². The molecule has 3 rings (SSSR count). The van der Waals surface area contributed by atoms with Crippen LogP contribution in [0, 0.1) is 0 Å². The minimum Gasteiger partial charge on any atom is -0.480 e. The van der Waals surface area contributed by atoms with E-state index in [4.69, 9.17) is 5.73 Å². The van der Waals surface area contributed by atoms with E-state index in [1.54, 1.807) is 0 Å². The van der Waals surface area contributed by atoms with Gasteiger partial charge in [-0.3, -0.25) is 62.3 Å². The van der Waals surface area contributed by atoms with Crippen molar-refractivity contribution in [2.24, 2.45) is 5.73 Å². The van der Waals surface area contributed by atoms with Crippen LogP contribution in [0.15, 0.2) is 0 Å². The molecule has 16 N–H and O–H groups in total. The molecule has 0 aliphatic carbocycles. The van der Waals surface area contributed by atoms with E-state index in [1.165, 1.54) is 77.0 Å². The van der Waals surface area contributed by atoms with Crippen LogP contribution in [0.1, 0.15) is 88.0 Å². The third-order valence-corrected chi connectivity index (χ3v) is 13.9. The Hall–Kier alpha value is -7.11. The first-order valence-electron chi connectivity index (χ1n) is 24.0. The van der Waals surface area contributed by atoms with Crippen molar-refractivity contribution in [3.05, 3.63) is 0 Å². The van der Waals surface area contributed by atoms with Crippen LogP contribution < -0.4 is 64.6 Å². The first kappa shape index (κ1) is 61.2. The van der Waals surface area contributed by atoms with E-state index in [9.17, 15) is 72.2 Å². The molecule has 3 heterocycles. The lowest BCUT2D eigenvalue weighted by atomic mass is 10.1. The second kappa shape index (κ2) is 27.3. The first-order valence-corrected chi connectivity index (χ1v) is 25.1. The number of carboxylic acids is 1. The third-order valence-electron chi connectivity index (χ3n) is 12.5. The maximum Gasteiger partial charge on any atom is 0.326 e. The van der Waals surface area contributed by atoms with Crippen molar-refractivity contribution in [3.63, 3.8) is 0 Å². The monoisotopic (exact) mass is 1070 g/mol. The Morgan fingerprint density at radius 3 is 1.32 bits per heavy atom. The number of fused-ring (bicyclic) bond motifs is 3. The summed E-state index contributed by atoms with van der Waals surface area (Å²) in [5.74, 6) is -10.4. The molecule has 2 bridgehead atoms. The maximum atomic E-state index is 14.1. The van der Waals surface area contributed by atoms with Gasteiger partial charge < -0.3 is 79.5 Å². The molecule has 0 radical (unpaired) electrons. The number of nitrogens with one attached hydrogen (secondary N) is 10. The van der Waals surface area contributed by atoms with E-state index in [0.29, 0.717) is 12.2 Å². The lowest BCUT2D eigenvalue weighted by Gasteiger charge is -2.35. The molecule has 0 unspecified atom stereocenters. The summed E-state index contributed by atoms with van der Waals surface area (Å²) in [5, 5.41) is 33.4. The normalized spacial score (nSPS) is 21.9. The van der Waals surface area contributed by atoms with Crippen LogP contribution in [-0.2, 0) is 67.1 Å². The molecule has 13 amide bonds. The van der Waals surface area contributed by atoms with Crippen LogP contribution in [-0.4, -0.2) is 200 Å². The molecule has 0 aromatic rings. The van der Waals surface area contributed by atoms with Gasteiger partial charge >= 0.3 is 5.97 Å². The van der Waals surface area contributed by atoms with Gasteiger partial charge in [0.05, 0.1) is 6.42 Å². The topological polar surface area (TPSA) is 440 Å². The summed E-state index contributed by atoms with van der Waals surface area (Å²) in [4.78, 5) is 181. The molecule has 3 saturated heterocycles. The molecular weight excluding hydrogens is 997 g/mol. The van der Waals surface area contributed by atoms with Gasteiger partial charge in [-0.05, 0) is 74.7 Å². The van der Waals surface area contributed by atoms with E-state index in [-0.39, 0.29) is 37.2 Å². The second-order valence-electron chi connectivity index (χ2n) is 18.6. The van der Waals surface area contributed by atoms with Gasteiger partial charge in [0, 0.05) is 30.5 Å². The van der Waals surface area contributed by atoms with Gasteiger partial charge in [-0.2, -0.15) is 11.8 Å². The summed E-state index contributed by atoms with van der Waals surface area (Å²) in [5.41, 5.74) is 8.72. The summed E-state index contributed by atoms with van der Waals surface area (Å²) >= 11 is 1.54. The van der Waals surface area contributed by atoms with Crippen molar-refractivity contribution >= 4 is 94.5 Å². The van der Waals surface area contributed by atoms with E-state index in [0.717, 1.165) is 6.92 Å². The Labute approximate surface area is 430 Å². The summed E-state index contributed by atoms with van der Waals surface area (Å²) in [6, 6.07) is -14.5. The Morgan fingerprint density at radius 1 is 0.595 bits per heavy atom. The predicted molar refractivity (Wildman–Crippen MR) is 260 cm³/mol. The first-order chi connectivity index (χ1) is 34.5. The standard InChI is InChI=1S/C44H70N14O15S/c1-17(34(62)47-18(2)35(63)49-20(4)37(65)51-22(6)39(67)53-24(8)41(69)56-29(14-45)33(46)61)48-36(64)19(3)50-38(66)21(5)52-40(68)23(7)54-42(70)30-11-10-26-16-74-27-12-31(43(71)58(26)30)57(15-27)32(60)13-28(44(72)73)55-25(9)59/h17-24,26-31H,10-16,45H2,1-9H3,(H2,46,61)(H,47,62)(H,48,64)(H,49,63)(H,50,66)(H,51,65)(H,52,68)(H,53,67)(H,54,70)(H,55,59)(H,56,69)(H,72,73)/p+1/t17-,18-,19-,20-,21-,22-,23-,24-,26-,27-,28-,29-,30-,31-/m0/s1. The van der Waals surface area contributed by atoms with Crippen LogP contribution in [0.25, 0.3) is 0 Å². The van der Waals surface area contributed by atoms with Crippen molar-refractivity contribution < 1.29 is 78.0 Å². The molecule has 0 spiro atoms. The van der Waals surface area contributed by atoms with Crippen LogP contribution in [0.4, 0.5) is 0 Å². The Balaban J connectivity index is 1.45. The van der Waals surface area contributed by atoms with Crippen LogP contribution >= 0.6 is 11.8 Å². The number of hydrogen-bond acceptors (Lipinski definition) is 15. The number of aliphatic carboxylic acids is 1. The van der Waals surface area contributed by atoms with Gasteiger partial charge in [-0.25, -0.2) is 4.79 Å². The van der Waals surface area contributed by atoms with Crippen molar-refractivity contribution in [2.45, 2.75) is 172 Å². The highest BCUT2D eigenvalue weighted by molar-refractivity contribution is 8.00. The van der Waals surface area contributed by atoms with Crippen molar-refractivity contribution in [1.29, 1.82) is 0 Å². The zero-order valence-electron chi connectivity index (χ0n) is 42.8. The average Bonchev–Trinajstić information content (AvgIpc) is 3.96. The molecule has 0 saturated carbocycles. The number of carbonyl (C=O) groups excluding carboxylic acids is 13. The molecule has 30 heteroatoms. The molecule has 412 valence electrons. The minimum absolute atomic E-state index is 0.0181. The van der Waals surface area contributed by atoms with Gasteiger partial charge in [0.15, 0.2) is 6.04 Å². The Bertz CT molecular complexity index is 2220. The van der Waals surface area contributed by atoms with Gasteiger partial charge in [-0.1, -0.05) is 0 Å². The number of carbonyl (C=O) groups is 14. The zero-order valence-corrected chi connectivity index (χ0v) is 43.6. The van der Waals surface area contributed by atoms with Gasteiger partial charge in [0.1, 0.15) is 73.0 Å². The fraction of sp³-hybridized carbons (Fsp3) is 0.682. The van der Waals surface area contributed by atoms with Crippen LogP contribution in [0.3, 0.4) is 0 Å². The fourth-order valence-electron chi connectivity index (χ4n) is 8.01. The summed E-state index contributed by atoms with van der Waals surface area (Å²) in [7, 11) is 0. The summed E-state index contributed by atoms with van der Waals surface area (Å²) in [6.45, 7) is 11.9. The zero-order chi connectivity index (χ0) is 56.0. The summed E-state index contributed by atoms with van der Waals surface area (Å²) < 4.78 is 0. The van der Waals surface area contributed by atoms with Crippen LogP contribution in [0.2, 0.25) is 0 Å². The number of nitrogens with zero attached hydrogens (tertiary/aromatic N) is 2. The highest BCUT2D eigenvalue weighted by Crippen LogP contribution is 2.38. The molecule has 3 aliphatic rings. The highest BCUT2D eigenvalue weighted by Gasteiger charge is 2.50. The SMILES string of the molecule is CC(=O)N[C@@H](CC(=O)N1C[C@@H]2C[C@H]1C(=O)N1[C@@H](CC[C@H]1C(=O)N[C@@H](C)C(=O)N[C@@H](C)C(=O)N[C@@H](C)C(=O)N[C@@H](C)C(=O)N[C@@H](C)C(=O)N[C@@H](C)C(=O)N[C@@H](C)C(=O)N[C@@H](C)C(=O)N[C@@H](C[NH3+])C(N)=O)CS2)C(=O)O. The van der Waals surface area contributed by atoms with E-state index in [1.807, 2.05) is 0 Å². The van der Waals surface area contributed by atoms with Crippen LogP contribution in [0.5, 0.6) is 0 Å². The number of rotatable bonds is 24. The van der Waals surface area contributed by atoms with Gasteiger partial charge in [0.25, 0.3) is 0 Å². The molecule has 0 aromatic heterocycles. The average molecular weight is 1070 g/mol. The molecular formula is C44H71N14O15S+. The lowest BCUT2D eigenvalue weighted by Crippen LogP contribution is -2.65.